The lowest BCUT2D eigenvalue weighted by atomic mass is 10.0. The number of carboxylic acid groups (broad SMARTS) is 1. The minimum Gasteiger partial charge on any atom is -0.480 e. The summed E-state index contributed by atoms with van der Waals surface area (Å²) in [7, 11) is 0. The fourth-order valence-electron chi connectivity index (χ4n) is 0.892. The Kier molecular flexibility index (Phi) is 4.59. The minimum atomic E-state index is -0.800. The summed E-state index contributed by atoms with van der Waals surface area (Å²) >= 11 is 0. The van der Waals surface area contributed by atoms with E-state index in [0.29, 0.717) is 6.54 Å². The second kappa shape index (κ2) is 4.93. The monoisotopic (exact) mass is 171 g/mol. The van der Waals surface area contributed by atoms with Crippen LogP contribution in [0.2, 0.25) is 0 Å². The zero-order valence-corrected chi connectivity index (χ0v) is 7.92. The fourth-order valence-corrected chi connectivity index (χ4v) is 0.892. The van der Waals surface area contributed by atoms with Gasteiger partial charge in [0.15, 0.2) is 0 Å². The number of nitrogens with one attached hydrogen (secondary N) is 1. The highest BCUT2D eigenvalue weighted by molar-refractivity contribution is 5.73. The van der Waals surface area contributed by atoms with Gasteiger partial charge in [-0.1, -0.05) is 26.0 Å². The van der Waals surface area contributed by atoms with Crippen molar-refractivity contribution in [2.75, 3.05) is 6.54 Å². The van der Waals surface area contributed by atoms with Crippen molar-refractivity contribution < 1.29 is 9.90 Å². The summed E-state index contributed by atoms with van der Waals surface area (Å²) in [5, 5.41) is 11.7. The van der Waals surface area contributed by atoms with Gasteiger partial charge in [-0.3, -0.25) is 4.79 Å². The van der Waals surface area contributed by atoms with Gasteiger partial charge in [-0.05, 0) is 12.8 Å². The van der Waals surface area contributed by atoms with Gasteiger partial charge in [0.2, 0.25) is 0 Å². The molecule has 0 aromatic rings. The van der Waals surface area contributed by atoms with Crippen molar-refractivity contribution in [3.8, 4) is 0 Å². The van der Waals surface area contributed by atoms with Gasteiger partial charge < -0.3 is 10.4 Å². The topological polar surface area (TPSA) is 49.3 Å². The molecule has 0 fully saturated rings. The third kappa shape index (κ3) is 4.13. The molecule has 0 rings (SSSR count). The average Bonchev–Trinajstić information content (AvgIpc) is 1.84. The van der Waals surface area contributed by atoms with Crippen LogP contribution in [-0.2, 0) is 4.79 Å². The number of hydrogen-bond acceptors (Lipinski definition) is 2. The van der Waals surface area contributed by atoms with Crippen LogP contribution < -0.4 is 5.32 Å². The highest BCUT2D eigenvalue weighted by atomic mass is 16.4. The van der Waals surface area contributed by atoms with Crippen LogP contribution in [0.25, 0.3) is 0 Å². The molecule has 0 aliphatic rings. The van der Waals surface area contributed by atoms with E-state index >= 15 is 0 Å². The van der Waals surface area contributed by atoms with Crippen molar-refractivity contribution in [1.29, 1.82) is 0 Å². The second-order valence-corrected chi connectivity index (χ2v) is 3.40. The predicted octanol–water partition coefficient (Wildman–Crippen LogP) is 1.26. The highest BCUT2D eigenvalue weighted by Crippen LogP contribution is 2.01. The first kappa shape index (κ1) is 11.2. The fraction of sp³-hybridized carbons (Fsp3) is 0.667. The zero-order valence-electron chi connectivity index (χ0n) is 7.92. The molecule has 3 nitrogen and oxygen atoms in total. The lowest BCUT2D eigenvalue weighted by Crippen LogP contribution is -2.41. The van der Waals surface area contributed by atoms with E-state index in [0.717, 1.165) is 5.57 Å². The number of hydrogen-bond donors (Lipinski definition) is 2. The van der Waals surface area contributed by atoms with Gasteiger partial charge in [-0.15, -0.1) is 0 Å². The molecule has 0 bridgehead atoms. The van der Waals surface area contributed by atoms with Gasteiger partial charge in [0.25, 0.3) is 0 Å². The van der Waals surface area contributed by atoms with Crippen molar-refractivity contribution >= 4 is 5.97 Å². The largest absolute Gasteiger partial charge is 0.480 e. The Labute approximate surface area is 73.5 Å². The van der Waals surface area contributed by atoms with Gasteiger partial charge in [-0.2, -0.15) is 0 Å². The Hall–Kier alpha value is -0.830. The molecule has 0 amide bonds. The molecule has 0 aliphatic heterocycles. The molecule has 1 unspecified atom stereocenters. The lowest BCUT2D eigenvalue weighted by Gasteiger charge is -2.17. The molecule has 0 aliphatic carbocycles. The number of rotatable bonds is 5. The SMILES string of the molecule is C=C(C)CNC(C(=O)O)C(C)C. The molecule has 0 aromatic carbocycles. The molecule has 2 N–H and O–H groups in total. The van der Waals surface area contributed by atoms with Gasteiger partial charge in [-0.25, -0.2) is 0 Å². The van der Waals surface area contributed by atoms with E-state index in [1.165, 1.54) is 0 Å². The molecule has 0 heterocycles. The lowest BCUT2D eigenvalue weighted by molar-refractivity contribution is -0.140. The van der Waals surface area contributed by atoms with E-state index in [1.54, 1.807) is 0 Å². The van der Waals surface area contributed by atoms with Crippen LogP contribution in [0.4, 0.5) is 0 Å². The molecule has 0 aromatic heterocycles. The first-order valence-corrected chi connectivity index (χ1v) is 4.05. The molecule has 12 heavy (non-hydrogen) atoms. The summed E-state index contributed by atoms with van der Waals surface area (Å²) in [6.07, 6.45) is 0. The molecule has 1 atom stereocenters. The zero-order chi connectivity index (χ0) is 9.72. The van der Waals surface area contributed by atoms with Crippen LogP contribution >= 0.6 is 0 Å². The van der Waals surface area contributed by atoms with Crippen molar-refractivity contribution in [3.63, 3.8) is 0 Å². The average molecular weight is 171 g/mol. The third-order valence-corrected chi connectivity index (χ3v) is 1.56. The van der Waals surface area contributed by atoms with E-state index in [-0.39, 0.29) is 5.92 Å². The molecule has 0 radical (unpaired) electrons. The van der Waals surface area contributed by atoms with Crippen molar-refractivity contribution in [2.45, 2.75) is 26.8 Å². The summed E-state index contributed by atoms with van der Waals surface area (Å²) in [5.41, 5.74) is 0.946. The Bertz CT molecular complexity index is 175. The van der Waals surface area contributed by atoms with Crippen LogP contribution in [0, 0.1) is 5.92 Å². The highest BCUT2D eigenvalue weighted by Gasteiger charge is 2.19. The standard InChI is InChI=1S/C9H17NO2/c1-6(2)5-10-8(7(3)4)9(11)12/h7-8,10H,1,5H2,2-4H3,(H,11,12). The smallest absolute Gasteiger partial charge is 0.320 e. The third-order valence-electron chi connectivity index (χ3n) is 1.56. The van der Waals surface area contributed by atoms with E-state index in [1.807, 2.05) is 20.8 Å². The summed E-state index contributed by atoms with van der Waals surface area (Å²) in [4.78, 5) is 10.7. The molecular weight excluding hydrogens is 154 g/mol. The summed E-state index contributed by atoms with van der Waals surface area (Å²) < 4.78 is 0. The molecule has 3 heteroatoms. The van der Waals surface area contributed by atoms with Crippen LogP contribution in [0.5, 0.6) is 0 Å². The Morgan fingerprint density at radius 2 is 2.08 bits per heavy atom. The number of aliphatic carboxylic acids is 1. The van der Waals surface area contributed by atoms with Gasteiger partial charge in [0.05, 0.1) is 0 Å². The van der Waals surface area contributed by atoms with Crippen molar-refractivity contribution in [3.05, 3.63) is 12.2 Å². The maximum atomic E-state index is 10.7. The van der Waals surface area contributed by atoms with Crippen molar-refractivity contribution in [2.24, 2.45) is 5.92 Å². The minimum absolute atomic E-state index is 0.0989. The Morgan fingerprint density at radius 1 is 1.58 bits per heavy atom. The van der Waals surface area contributed by atoms with Crippen LogP contribution in [0.3, 0.4) is 0 Å². The van der Waals surface area contributed by atoms with Crippen LogP contribution in [0.1, 0.15) is 20.8 Å². The van der Waals surface area contributed by atoms with Gasteiger partial charge in [0.1, 0.15) is 6.04 Å². The summed E-state index contributed by atoms with van der Waals surface area (Å²) in [6.45, 7) is 9.88. The van der Waals surface area contributed by atoms with Crippen molar-refractivity contribution in [1.82, 2.24) is 5.32 Å². The number of carboxylic acids is 1. The van der Waals surface area contributed by atoms with E-state index < -0.39 is 12.0 Å². The van der Waals surface area contributed by atoms with E-state index in [4.69, 9.17) is 5.11 Å². The van der Waals surface area contributed by atoms with E-state index in [9.17, 15) is 4.79 Å². The molecular formula is C9H17NO2. The van der Waals surface area contributed by atoms with E-state index in [2.05, 4.69) is 11.9 Å². The first-order chi connectivity index (χ1) is 5.45. The Morgan fingerprint density at radius 3 is 2.33 bits per heavy atom. The maximum absolute atomic E-state index is 10.7. The predicted molar refractivity (Wildman–Crippen MR) is 49.1 cm³/mol. The van der Waals surface area contributed by atoms with Crippen LogP contribution in [-0.4, -0.2) is 23.7 Å². The quantitative estimate of drug-likeness (QED) is 0.612. The van der Waals surface area contributed by atoms with Gasteiger partial charge >= 0.3 is 5.97 Å². The first-order valence-electron chi connectivity index (χ1n) is 4.05. The molecule has 70 valence electrons. The summed E-state index contributed by atoms with van der Waals surface area (Å²) in [5.74, 6) is -0.701. The van der Waals surface area contributed by atoms with Crippen LogP contribution in [0.15, 0.2) is 12.2 Å². The normalized spacial score (nSPS) is 13.0. The number of carbonyl (C=O) groups is 1. The second-order valence-electron chi connectivity index (χ2n) is 3.40. The molecule has 0 saturated carbocycles. The molecule has 0 saturated heterocycles. The maximum Gasteiger partial charge on any atom is 0.320 e. The molecule has 0 spiro atoms. The summed E-state index contributed by atoms with van der Waals surface area (Å²) in [6, 6.07) is -0.471. The Balaban J connectivity index is 3.97. The van der Waals surface area contributed by atoms with Gasteiger partial charge in [0, 0.05) is 6.54 Å².